The molecule has 0 fully saturated rings. The van der Waals surface area contributed by atoms with Crippen LogP contribution in [0.15, 0.2) is 36.5 Å². The number of nitrogens with zero attached hydrogens (tertiary/aromatic N) is 1. The minimum absolute atomic E-state index is 0.0513. The average Bonchev–Trinajstić information content (AvgIpc) is 3.01. The van der Waals surface area contributed by atoms with E-state index in [1.165, 1.54) is 11.3 Å². The molecule has 2 heterocycles. The van der Waals surface area contributed by atoms with Gasteiger partial charge in [-0.05, 0) is 36.1 Å². The molecular formula is C19H24N2O2. The van der Waals surface area contributed by atoms with Gasteiger partial charge in [0.05, 0.1) is 0 Å². The zero-order valence-corrected chi connectivity index (χ0v) is 14.0. The van der Waals surface area contributed by atoms with E-state index >= 15 is 0 Å². The van der Waals surface area contributed by atoms with Crippen molar-refractivity contribution in [3.8, 4) is 5.75 Å². The van der Waals surface area contributed by atoms with Crippen LogP contribution in [0.3, 0.4) is 0 Å². The largest absolute Gasteiger partial charge is 0.481 e. The van der Waals surface area contributed by atoms with Gasteiger partial charge in [0, 0.05) is 31.4 Å². The highest BCUT2D eigenvalue weighted by Crippen LogP contribution is 2.27. The van der Waals surface area contributed by atoms with Gasteiger partial charge in [-0.3, -0.25) is 4.79 Å². The first kappa shape index (κ1) is 15.7. The lowest BCUT2D eigenvalue weighted by molar-refractivity contribution is -0.138. The number of nitrogens with one attached hydrogen (secondary N) is 1. The van der Waals surface area contributed by atoms with Gasteiger partial charge in [0.1, 0.15) is 5.75 Å². The summed E-state index contributed by atoms with van der Waals surface area (Å²) in [4.78, 5) is 17.8. The highest BCUT2D eigenvalue weighted by molar-refractivity contribution is 5.81. The van der Waals surface area contributed by atoms with E-state index in [1.807, 2.05) is 42.3 Å². The molecule has 0 radical (unpaired) electrons. The molecule has 3 rings (SSSR count). The van der Waals surface area contributed by atoms with Gasteiger partial charge in [0.15, 0.2) is 6.10 Å². The van der Waals surface area contributed by atoms with Gasteiger partial charge in [0.25, 0.3) is 5.91 Å². The van der Waals surface area contributed by atoms with Crippen LogP contribution < -0.4 is 4.74 Å². The Hall–Kier alpha value is -2.23. The maximum Gasteiger partial charge on any atom is 0.263 e. The van der Waals surface area contributed by atoms with E-state index in [9.17, 15) is 4.79 Å². The van der Waals surface area contributed by atoms with Crippen LogP contribution in [-0.2, 0) is 17.8 Å². The standard InChI is InChI=1S/C19H24N2O2/c1-13(2)16-6-4-5-7-18(16)23-14(3)19(22)21-11-9-17-15(12-21)8-10-20-17/h4-8,10,13-14,20H,9,11-12H2,1-3H3. The number of hydrogen-bond donors (Lipinski definition) is 1. The molecule has 122 valence electrons. The van der Waals surface area contributed by atoms with Gasteiger partial charge in [0.2, 0.25) is 0 Å². The van der Waals surface area contributed by atoms with Gasteiger partial charge < -0.3 is 14.6 Å². The highest BCUT2D eigenvalue weighted by Gasteiger charge is 2.26. The Morgan fingerprint density at radius 3 is 2.78 bits per heavy atom. The van der Waals surface area contributed by atoms with Crippen molar-refractivity contribution < 1.29 is 9.53 Å². The summed E-state index contributed by atoms with van der Waals surface area (Å²) < 4.78 is 5.99. The summed E-state index contributed by atoms with van der Waals surface area (Å²) >= 11 is 0. The van der Waals surface area contributed by atoms with Gasteiger partial charge in [-0.15, -0.1) is 0 Å². The highest BCUT2D eigenvalue weighted by atomic mass is 16.5. The molecule has 4 nitrogen and oxygen atoms in total. The number of carbonyl (C=O) groups excluding carboxylic acids is 1. The molecule has 4 heteroatoms. The predicted molar refractivity (Wildman–Crippen MR) is 90.5 cm³/mol. The third-order valence-electron chi connectivity index (χ3n) is 4.43. The number of fused-ring (bicyclic) bond motifs is 1. The Labute approximate surface area is 137 Å². The zero-order chi connectivity index (χ0) is 16.4. The summed E-state index contributed by atoms with van der Waals surface area (Å²) in [7, 11) is 0. The van der Waals surface area contributed by atoms with Crippen molar-refractivity contribution in [3.63, 3.8) is 0 Å². The normalized spacial score (nSPS) is 15.4. The van der Waals surface area contributed by atoms with Gasteiger partial charge in [-0.25, -0.2) is 0 Å². The fourth-order valence-corrected chi connectivity index (χ4v) is 3.10. The van der Waals surface area contributed by atoms with E-state index in [1.54, 1.807) is 0 Å². The van der Waals surface area contributed by atoms with Crippen molar-refractivity contribution in [1.82, 2.24) is 9.88 Å². The minimum Gasteiger partial charge on any atom is -0.481 e. The van der Waals surface area contributed by atoms with Crippen LogP contribution in [0.2, 0.25) is 0 Å². The van der Waals surface area contributed by atoms with E-state index in [0.717, 1.165) is 24.3 Å². The molecular weight excluding hydrogens is 288 g/mol. The molecule has 1 atom stereocenters. The molecule has 1 N–H and O–H groups in total. The van der Waals surface area contributed by atoms with Crippen molar-refractivity contribution in [2.24, 2.45) is 0 Å². The number of para-hydroxylation sites is 1. The maximum absolute atomic E-state index is 12.7. The zero-order valence-electron chi connectivity index (χ0n) is 14.0. The molecule has 0 spiro atoms. The van der Waals surface area contributed by atoms with Gasteiger partial charge in [-0.2, -0.15) is 0 Å². The number of aromatic amines is 1. The van der Waals surface area contributed by atoms with Crippen LogP contribution in [0.25, 0.3) is 0 Å². The van der Waals surface area contributed by atoms with Gasteiger partial charge >= 0.3 is 0 Å². The van der Waals surface area contributed by atoms with E-state index in [2.05, 4.69) is 24.9 Å². The maximum atomic E-state index is 12.7. The molecule has 0 saturated heterocycles. The Kier molecular flexibility index (Phi) is 4.42. The number of ether oxygens (including phenoxy) is 1. The van der Waals surface area contributed by atoms with Crippen molar-refractivity contribution in [1.29, 1.82) is 0 Å². The van der Waals surface area contributed by atoms with E-state index in [4.69, 9.17) is 4.74 Å². The molecule has 23 heavy (non-hydrogen) atoms. The third kappa shape index (κ3) is 3.26. The van der Waals surface area contributed by atoms with Crippen molar-refractivity contribution in [2.75, 3.05) is 6.54 Å². The Morgan fingerprint density at radius 1 is 1.22 bits per heavy atom. The van der Waals surface area contributed by atoms with Gasteiger partial charge in [-0.1, -0.05) is 32.0 Å². The van der Waals surface area contributed by atoms with Crippen LogP contribution in [0, 0.1) is 0 Å². The van der Waals surface area contributed by atoms with Crippen LogP contribution in [0.4, 0.5) is 0 Å². The molecule has 1 aromatic heterocycles. The summed E-state index contributed by atoms with van der Waals surface area (Å²) in [6, 6.07) is 10.0. The van der Waals surface area contributed by atoms with Crippen molar-refractivity contribution >= 4 is 5.91 Å². The Balaban J connectivity index is 1.69. The summed E-state index contributed by atoms with van der Waals surface area (Å²) in [5, 5.41) is 0. The number of rotatable bonds is 4. The number of benzene rings is 1. The second-order valence-electron chi connectivity index (χ2n) is 6.44. The molecule has 0 saturated carbocycles. The van der Waals surface area contributed by atoms with Crippen LogP contribution in [-0.4, -0.2) is 28.4 Å². The van der Waals surface area contributed by atoms with E-state index in [-0.39, 0.29) is 5.91 Å². The van der Waals surface area contributed by atoms with E-state index < -0.39 is 6.10 Å². The topological polar surface area (TPSA) is 45.3 Å². The second kappa shape index (κ2) is 6.49. The fourth-order valence-electron chi connectivity index (χ4n) is 3.10. The second-order valence-corrected chi connectivity index (χ2v) is 6.44. The molecule has 0 bridgehead atoms. The molecule has 1 amide bonds. The fraction of sp³-hybridized carbons (Fsp3) is 0.421. The summed E-state index contributed by atoms with van der Waals surface area (Å²) in [6.07, 6.45) is 2.34. The molecule has 1 aliphatic heterocycles. The Bertz CT molecular complexity index is 690. The molecule has 1 aliphatic rings. The minimum atomic E-state index is -0.476. The number of hydrogen-bond acceptors (Lipinski definition) is 2. The Morgan fingerprint density at radius 2 is 2.00 bits per heavy atom. The molecule has 0 aliphatic carbocycles. The average molecular weight is 312 g/mol. The lowest BCUT2D eigenvalue weighted by Crippen LogP contribution is -2.43. The monoisotopic (exact) mass is 312 g/mol. The summed E-state index contributed by atoms with van der Waals surface area (Å²) in [5.41, 5.74) is 3.59. The predicted octanol–water partition coefficient (Wildman–Crippen LogP) is 3.49. The molecule has 1 unspecified atom stereocenters. The molecule has 1 aromatic carbocycles. The number of carbonyl (C=O) groups is 1. The smallest absolute Gasteiger partial charge is 0.263 e. The summed E-state index contributed by atoms with van der Waals surface area (Å²) in [6.45, 7) is 7.51. The van der Waals surface area contributed by atoms with Crippen molar-refractivity contribution in [2.45, 2.75) is 45.8 Å². The third-order valence-corrected chi connectivity index (χ3v) is 4.43. The van der Waals surface area contributed by atoms with Crippen LogP contribution >= 0.6 is 0 Å². The first-order valence-electron chi connectivity index (χ1n) is 8.25. The van der Waals surface area contributed by atoms with Crippen molar-refractivity contribution in [3.05, 3.63) is 53.3 Å². The van der Waals surface area contributed by atoms with Crippen LogP contribution in [0.5, 0.6) is 5.75 Å². The summed E-state index contributed by atoms with van der Waals surface area (Å²) in [5.74, 6) is 1.23. The first-order valence-corrected chi connectivity index (χ1v) is 8.25. The number of aromatic nitrogens is 1. The SMILES string of the molecule is CC(Oc1ccccc1C(C)C)C(=O)N1CCc2[nH]ccc2C1. The van der Waals surface area contributed by atoms with Crippen LogP contribution in [0.1, 0.15) is 43.5 Å². The first-order chi connectivity index (χ1) is 11.1. The lowest BCUT2D eigenvalue weighted by atomic mass is 10.0. The lowest BCUT2D eigenvalue weighted by Gasteiger charge is -2.30. The quantitative estimate of drug-likeness (QED) is 0.939. The molecule has 2 aromatic rings. The number of amides is 1. The van der Waals surface area contributed by atoms with E-state index in [0.29, 0.717) is 12.5 Å². The number of H-pyrrole nitrogens is 1.